The second-order valence-electron chi connectivity index (χ2n) is 6.76. The zero-order chi connectivity index (χ0) is 21.9. The number of hydrogen-bond donors (Lipinski definition) is 1. The van der Waals surface area contributed by atoms with E-state index in [0.29, 0.717) is 11.4 Å². The van der Waals surface area contributed by atoms with E-state index in [-0.39, 0.29) is 14.9 Å². The Morgan fingerprint density at radius 2 is 1.67 bits per heavy atom. The number of carbonyl (C=O) groups excluding carboxylic acids is 1. The molecule has 0 aliphatic heterocycles. The van der Waals surface area contributed by atoms with Gasteiger partial charge in [-0.1, -0.05) is 59.6 Å². The summed E-state index contributed by atoms with van der Waals surface area (Å²) in [6, 6.07) is 18.3. The molecule has 0 saturated heterocycles. The molecule has 0 aliphatic carbocycles. The van der Waals surface area contributed by atoms with Gasteiger partial charge in [-0.3, -0.25) is 9.10 Å². The van der Waals surface area contributed by atoms with Crippen molar-refractivity contribution in [1.82, 2.24) is 0 Å². The summed E-state index contributed by atoms with van der Waals surface area (Å²) in [5.41, 5.74) is 2.36. The molecule has 0 heterocycles. The highest BCUT2D eigenvalue weighted by molar-refractivity contribution is 7.92. The Morgan fingerprint density at radius 1 is 0.967 bits per heavy atom. The molecule has 3 aromatic rings. The van der Waals surface area contributed by atoms with Crippen molar-refractivity contribution in [2.45, 2.75) is 18.7 Å². The van der Waals surface area contributed by atoms with Crippen molar-refractivity contribution in [1.29, 1.82) is 0 Å². The van der Waals surface area contributed by atoms with Gasteiger partial charge in [0.05, 0.1) is 26.3 Å². The minimum absolute atomic E-state index is 0.0968. The molecule has 0 atom stereocenters. The molecule has 0 fully saturated rings. The molecule has 0 saturated carbocycles. The van der Waals surface area contributed by atoms with Crippen molar-refractivity contribution in [3.63, 3.8) is 0 Å². The smallest absolute Gasteiger partial charge is 0.264 e. The zero-order valence-electron chi connectivity index (χ0n) is 16.4. The van der Waals surface area contributed by atoms with Crippen LogP contribution in [0, 0.1) is 13.8 Å². The fraction of sp³-hybridized carbons (Fsp3) is 0.136. The monoisotopic (exact) mass is 462 g/mol. The molecule has 0 aliphatic rings. The molecule has 156 valence electrons. The third kappa shape index (κ3) is 4.78. The van der Waals surface area contributed by atoms with Gasteiger partial charge in [0.2, 0.25) is 5.91 Å². The Hall–Kier alpha value is -2.54. The van der Waals surface area contributed by atoms with Crippen LogP contribution in [-0.2, 0) is 14.8 Å². The second-order valence-corrected chi connectivity index (χ2v) is 9.41. The standard InChI is InChI=1S/C22H20Cl2N2O3S/c1-15-11-12-16(2)20(13-15)26(30(28,29)17-7-4-3-5-8-17)14-21(27)25-19-10-6-9-18(23)22(19)24/h3-13H,14H2,1-2H3,(H,25,27). The number of carbonyl (C=O) groups is 1. The highest BCUT2D eigenvalue weighted by atomic mass is 35.5. The SMILES string of the molecule is Cc1ccc(C)c(N(CC(=O)Nc2cccc(Cl)c2Cl)S(=O)(=O)c2ccccc2)c1. The molecule has 30 heavy (non-hydrogen) atoms. The topological polar surface area (TPSA) is 66.5 Å². The highest BCUT2D eigenvalue weighted by Crippen LogP contribution is 2.31. The molecule has 1 amide bonds. The summed E-state index contributed by atoms with van der Waals surface area (Å²) in [5.74, 6) is -0.542. The molecular formula is C22H20Cl2N2O3S. The van der Waals surface area contributed by atoms with Crippen LogP contribution >= 0.6 is 23.2 Å². The number of hydrogen-bond acceptors (Lipinski definition) is 3. The van der Waals surface area contributed by atoms with Crippen molar-refractivity contribution in [2.75, 3.05) is 16.2 Å². The summed E-state index contributed by atoms with van der Waals surface area (Å²) in [5, 5.41) is 3.13. The number of benzene rings is 3. The Bertz CT molecular complexity index is 1180. The van der Waals surface area contributed by atoms with Crippen molar-refractivity contribution in [2.24, 2.45) is 0 Å². The maximum absolute atomic E-state index is 13.4. The van der Waals surface area contributed by atoms with Crippen LogP contribution in [0.1, 0.15) is 11.1 Å². The Labute approximate surface area is 186 Å². The number of nitrogens with zero attached hydrogens (tertiary/aromatic N) is 1. The predicted octanol–water partition coefficient (Wildman–Crippen LogP) is 5.44. The quantitative estimate of drug-likeness (QED) is 0.529. The first-order valence-corrected chi connectivity index (χ1v) is 11.3. The van der Waals surface area contributed by atoms with Gasteiger partial charge in [0.25, 0.3) is 10.0 Å². The van der Waals surface area contributed by atoms with Crippen LogP contribution in [0.3, 0.4) is 0 Å². The van der Waals surface area contributed by atoms with E-state index < -0.39 is 22.5 Å². The highest BCUT2D eigenvalue weighted by Gasteiger charge is 2.28. The molecule has 0 radical (unpaired) electrons. The molecule has 0 bridgehead atoms. The van der Waals surface area contributed by atoms with Gasteiger partial charge in [0.15, 0.2) is 0 Å². The van der Waals surface area contributed by atoms with Gasteiger partial charge in [-0.2, -0.15) is 0 Å². The number of halogens is 2. The Morgan fingerprint density at radius 3 is 2.37 bits per heavy atom. The maximum Gasteiger partial charge on any atom is 0.264 e. The number of amides is 1. The zero-order valence-corrected chi connectivity index (χ0v) is 18.7. The van der Waals surface area contributed by atoms with Crippen molar-refractivity contribution >= 4 is 50.5 Å². The number of nitrogens with one attached hydrogen (secondary N) is 1. The fourth-order valence-electron chi connectivity index (χ4n) is 2.93. The average molecular weight is 463 g/mol. The molecule has 0 unspecified atom stereocenters. The van der Waals surface area contributed by atoms with Crippen molar-refractivity contribution < 1.29 is 13.2 Å². The Balaban J connectivity index is 2.01. The number of anilines is 2. The van der Waals surface area contributed by atoms with Crippen molar-refractivity contribution in [3.8, 4) is 0 Å². The molecule has 5 nitrogen and oxygen atoms in total. The lowest BCUT2D eigenvalue weighted by Gasteiger charge is -2.26. The maximum atomic E-state index is 13.4. The van der Waals surface area contributed by atoms with Crippen LogP contribution < -0.4 is 9.62 Å². The largest absolute Gasteiger partial charge is 0.323 e. The first kappa shape index (κ1) is 22.2. The lowest BCUT2D eigenvalue weighted by molar-refractivity contribution is -0.114. The first-order valence-electron chi connectivity index (χ1n) is 9.09. The van der Waals surface area contributed by atoms with Gasteiger partial charge < -0.3 is 5.32 Å². The first-order chi connectivity index (χ1) is 14.2. The van der Waals surface area contributed by atoms with Crippen LogP contribution in [0.4, 0.5) is 11.4 Å². The summed E-state index contributed by atoms with van der Waals surface area (Å²) in [6.45, 7) is 3.24. The fourth-order valence-corrected chi connectivity index (χ4v) is 4.77. The Kier molecular flexibility index (Phi) is 6.71. The van der Waals surface area contributed by atoms with Crippen LogP contribution in [0.25, 0.3) is 0 Å². The molecule has 3 aromatic carbocycles. The van der Waals surface area contributed by atoms with Crippen LogP contribution in [0.2, 0.25) is 10.0 Å². The molecule has 0 spiro atoms. The van der Waals surface area contributed by atoms with Gasteiger partial charge in [-0.15, -0.1) is 0 Å². The average Bonchev–Trinajstić information content (AvgIpc) is 2.72. The van der Waals surface area contributed by atoms with E-state index in [4.69, 9.17) is 23.2 Å². The van der Waals surface area contributed by atoms with Gasteiger partial charge in [-0.25, -0.2) is 8.42 Å². The third-order valence-electron chi connectivity index (χ3n) is 4.48. The van der Waals surface area contributed by atoms with Crippen molar-refractivity contribution in [3.05, 3.63) is 87.9 Å². The van der Waals surface area contributed by atoms with E-state index in [1.165, 1.54) is 12.1 Å². The number of aryl methyl sites for hydroxylation is 2. The minimum Gasteiger partial charge on any atom is -0.323 e. The number of rotatable bonds is 6. The van der Waals surface area contributed by atoms with Gasteiger partial charge in [0, 0.05) is 0 Å². The van der Waals surface area contributed by atoms with Crippen LogP contribution in [0.15, 0.2) is 71.6 Å². The number of sulfonamides is 1. The summed E-state index contributed by atoms with van der Waals surface area (Å²) in [6.07, 6.45) is 0. The van der Waals surface area contributed by atoms with E-state index >= 15 is 0 Å². The van der Waals surface area contributed by atoms with Gasteiger partial charge in [0.1, 0.15) is 6.54 Å². The molecular weight excluding hydrogens is 443 g/mol. The van der Waals surface area contributed by atoms with E-state index in [9.17, 15) is 13.2 Å². The van der Waals surface area contributed by atoms with E-state index in [1.54, 1.807) is 49.4 Å². The molecule has 1 N–H and O–H groups in total. The summed E-state index contributed by atoms with van der Waals surface area (Å²) < 4.78 is 27.9. The third-order valence-corrected chi connectivity index (χ3v) is 7.07. The van der Waals surface area contributed by atoms with E-state index in [0.717, 1.165) is 15.4 Å². The van der Waals surface area contributed by atoms with Crippen LogP contribution in [0.5, 0.6) is 0 Å². The second kappa shape index (κ2) is 9.08. The molecule has 3 rings (SSSR count). The summed E-state index contributed by atoms with van der Waals surface area (Å²) in [4.78, 5) is 12.9. The van der Waals surface area contributed by atoms with Gasteiger partial charge >= 0.3 is 0 Å². The molecule has 8 heteroatoms. The normalized spacial score (nSPS) is 11.2. The van der Waals surface area contributed by atoms with E-state index in [1.807, 2.05) is 19.1 Å². The van der Waals surface area contributed by atoms with Crippen LogP contribution in [-0.4, -0.2) is 20.9 Å². The predicted molar refractivity (Wildman–Crippen MR) is 122 cm³/mol. The van der Waals surface area contributed by atoms with E-state index in [2.05, 4.69) is 5.32 Å². The minimum atomic E-state index is -3.99. The van der Waals surface area contributed by atoms with Gasteiger partial charge in [-0.05, 0) is 55.3 Å². The lowest BCUT2D eigenvalue weighted by Crippen LogP contribution is -2.38. The molecule has 0 aromatic heterocycles. The summed E-state index contributed by atoms with van der Waals surface area (Å²) >= 11 is 12.1. The summed E-state index contributed by atoms with van der Waals surface area (Å²) in [7, 11) is -3.99. The lowest BCUT2D eigenvalue weighted by atomic mass is 10.1.